The Labute approximate surface area is 145 Å². The van der Waals surface area contributed by atoms with Crippen LogP contribution in [0.25, 0.3) is 16.7 Å². The van der Waals surface area contributed by atoms with Crippen molar-refractivity contribution in [2.75, 3.05) is 13.7 Å². The minimum absolute atomic E-state index is 0.0369. The van der Waals surface area contributed by atoms with Crippen molar-refractivity contribution in [2.45, 2.75) is 19.3 Å². The number of rotatable bonds is 6. The maximum absolute atomic E-state index is 13.1. The lowest BCUT2D eigenvalue weighted by atomic mass is 10.1. The van der Waals surface area contributed by atoms with E-state index in [1.807, 2.05) is 0 Å². The van der Waals surface area contributed by atoms with Gasteiger partial charge in [0.05, 0.1) is 23.7 Å². The predicted molar refractivity (Wildman–Crippen MR) is 95.6 cm³/mol. The quantitative estimate of drug-likeness (QED) is 0.673. The fourth-order valence-corrected chi connectivity index (χ4v) is 2.88. The number of hydrogen-bond acceptors (Lipinski definition) is 5. The monoisotopic (exact) mass is 340 g/mol. The summed E-state index contributed by atoms with van der Waals surface area (Å²) in [4.78, 5) is 17.4. The van der Waals surface area contributed by atoms with Gasteiger partial charge in [-0.05, 0) is 43.5 Å². The van der Waals surface area contributed by atoms with Crippen LogP contribution in [-0.2, 0) is 6.42 Å². The molecule has 0 spiro atoms. The minimum atomic E-state index is -0.310. The number of fused-ring (bicyclic) bond motifs is 1. The molecule has 3 aromatic rings. The highest BCUT2D eigenvalue weighted by molar-refractivity contribution is 5.84. The van der Waals surface area contributed by atoms with Crippen molar-refractivity contribution in [3.63, 3.8) is 0 Å². The fourth-order valence-electron chi connectivity index (χ4n) is 2.88. The highest BCUT2D eigenvalue weighted by Gasteiger charge is 2.18. The van der Waals surface area contributed by atoms with Gasteiger partial charge in [-0.25, -0.2) is 4.98 Å². The van der Waals surface area contributed by atoms with Crippen LogP contribution < -0.4 is 10.3 Å². The Morgan fingerprint density at radius 1 is 1.20 bits per heavy atom. The third-order valence-electron chi connectivity index (χ3n) is 4.15. The Balaban J connectivity index is 2.27. The molecule has 0 radical (unpaired) electrons. The SMILES string of the molecule is COc1cccc(-n2c(=O)c(CCCCO)c(O)c3cccnc32)c1. The molecule has 0 aliphatic rings. The molecule has 0 unspecified atom stereocenters. The Hall–Kier alpha value is -2.86. The third-order valence-corrected chi connectivity index (χ3v) is 4.15. The lowest BCUT2D eigenvalue weighted by molar-refractivity contribution is 0.284. The van der Waals surface area contributed by atoms with Crippen molar-refractivity contribution in [3.05, 3.63) is 58.5 Å². The zero-order valence-electron chi connectivity index (χ0n) is 14.0. The molecule has 0 saturated carbocycles. The van der Waals surface area contributed by atoms with Crippen LogP contribution >= 0.6 is 0 Å². The molecule has 3 rings (SSSR count). The second kappa shape index (κ2) is 7.36. The first-order chi connectivity index (χ1) is 12.2. The summed E-state index contributed by atoms with van der Waals surface area (Å²) < 4.78 is 6.74. The lowest BCUT2D eigenvalue weighted by Gasteiger charge is -2.15. The summed E-state index contributed by atoms with van der Waals surface area (Å²) in [7, 11) is 1.56. The molecule has 6 nitrogen and oxygen atoms in total. The Morgan fingerprint density at radius 3 is 2.80 bits per heavy atom. The smallest absolute Gasteiger partial charge is 0.263 e. The second-order valence-electron chi connectivity index (χ2n) is 5.72. The number of aliphatic hydroxyl groups excluding tert-OH is 1. The number of benzene rings is 1. The van der Waals surface area contributed by atoms with E-state index in [4.69, 9.17) is 9.84 Å². The number of aromatic hydroxyl groups is 1. The van der Waals surface area contributed by atoms with Crippen molar-refractivity contribution in [2.24, 2.45) is 0 Å². The van der Waals surface area contributed by atoms with Crippen molar-refractivity contribution in [3.8, 4) is 17.2 Å². The summed E-state index contributed by atoms with van der Waals surface area (Å²) in [5, 5.41) is 20.1. The first-order valence-corrected chi connectivity index (χ1v) is 8.14. The highest BCUT2D eigenvalue weighted by Crippen LogP contribution is 2.28. The first-order valence-electron chi connectivity index (χ1n) is 8.14. The number of ether oxygens (including phenoxy) is 1. The average molecular weight is 340 g/mol. The normalized spacial score (nSPS) is 11.0. The molecule has 2 aromatic heterocycles. The van der Waals surface area contributed by atoms with Crippen LogP contribution in [0, 0.1) is 0 Å². The van der Waals surface area contributed by atoms with Crippen molar-refractivity contribution < 1.29 is 14.9 Å². The van der Waals surface area contributed by atoms with Gasteiger partial charge < -0.3 is 14.9 Å². The minimum Gasteiger partial charge on any atom is -0.507 e. The van der Waals surface area contributed by atoms with Crippen LogP contribution in [0.3, 0.4) is 0 Å². The molecule has 2 heterocycles. The molecule has 0 saturated heterocycles. The summed E-state index contributed by atoms with van der Waals surface area (Å²) in [5.41, 5.74) is 1.03. The zero-order valence-corrected chi connectivity index (χ0v) is 14.0. The molecular weight excluding hydrogens is 320 g/mol. The molecule has 0 bridgehead atoms. The summed E-state index contributed by atoms with van der Waals surface area (Å²) >= 11 is 0. The van der Waals surface area contributed by atoms with Crippen LogP contribution in [0.5, 0.6) is 11.5 Å². The van der Waals surface area contributed by atoms with Gasteiger partial charge in [-0.1, -0.05) is 6.07 Å². The van der Waals surface area contributed by atoms with Gasteiger partial charge in [0.25, 0.3) is 5.56 Å². The molecule has 0 fully saturated rings. The first kappa shape index (κ1) is 17.0. The molecule has 0 amide bonds. The Kier molecular flexibility index (Phi) is 5.00. The topological polar surface area (TPSA) is 84.6 Å². The summed E-state index contributed by atoms with van der Waals surface area (Å²) in [6.07, 6.45) is 3.16. The molecule has 6 heteroatoms. The van der Waals surface area contributed by atoms with E-state index in [-0.39, 0.29) is 17.9 Å². The van der Waals surface area contributed by atoms with E-state index in [0.29, 0.717) is 47.3 Å². The van der Waals surface area contributed by atoms with Crippen molar-refractivity contribution >= 4 is 11.0 Å². The number of hydrogen-bond donors (Lipinski definition) is 2. The molecule has 2 N–H and O–H groups in total. The number of aromatic nitrogens is 2. The Morgan fingerprint density at radius 2 is 2.04 bits per heavy atom. The van der Waals surface area contributed by atoms with E-state index in [1.165, 1.54) is 4.57 Å². The van der Waals surface area contributed by atoms with E-state index < -0.39 is 0 Å². The largest absolute Gasteiger partial charge is 0.507 e. The number of unbranched alkanes of at least 4 members (excludes halogenated alkanes) is 1. The maximum atomic E-state index is 13.1. The van der Waals surface area contributed by atoms with E-state index >= 15 is 0 Å². The second-order valence-corrected chi connectivity index (χ2v) is 5.72. The van der Waals surface area contributed by atoms with Gasteiger partial charge in [0, 0.05) is 18.9 Å². The molecule has 0 aliphatic carbocycles. The predicted octanol–water partition coefficient (Wildman–Crippen LogP) is 2.41. The molecular formula is C19H20N2O4. The van der Waals surface area contributed by atoms with Gasteiger partial charge >= 0.3 is 0 Å². The van der Waals surface area contributed by atoms with Crippen LogP contribution in [-0.4, -0.2) is 33.5 Å². The highest BCUT2D eigenvalue weighted by atomic mass is 16.5. The summed E-state index contributed by atoms with van der Waals surface area (Å²) in [6.45, 7) is 0.0555. The zero-order chi connectivity index (χ0) is 17.8. The molecule has 130 valence electrons. The van der Waals surface area contributed by atoms with Crippen LogP contribution in [0.2, 0.25) is 0 Å². The molecule has 0 atom stereocenters. The molecule has 25 heavy (non-hydrogen) atoms. The number of methoxy groups -OCH3 is 1. The maximum Gasteiger partial charge on any atom is 0.263 e. The summed E-state index contributed by atoms with van der Waals surface area (Å²) in [6, 6.07) is 10.6. The number of pyridine rings is 2. The van der Waals surface area contributed by atoms with Crippen molar-refractivity contribution in [1.29, 1.82) is 0 Å². The standard InChI is InChI=1S/C19H20N2O4/c1-25-14-7-4-6-13(12-14)21-18-15(9-5-10-20-18)17(23)16(19(21)24)8-2-3-11-22/h4-7,9-10,12,22-23H,2-3,8,11H2,1H3. The number of nitrogens with zero attached hydrogens (tertiary/aromatic N) is 2. The van der Waals surface area contributed by atoms with Gasteiger partial charge in [0.1, 0.15) is 11.5 Å². The van der Waals surface area contributed by atoms with Gasteiger partial charge in [0.2, 0.25) is 0 Å². The number of aliphatic hydroxyl groups is 1. The van der Waals surface area contributed by atoms with Gasteiger partial charge in [0.15, 0.2) is 5.65 Å². The van der Waals surface area contributed by atoms with Gasteiger partial charge in [-0.15, -0.1) is 0 Å². The fraction of sp³-hybridized carbons (Fsp3) is 0.263. The Bertz CT molecular complexity index is 950. The van der Waals surface area contributed by atoms with E-state index in [2.05, 4.69) is 4.98 Å². The summed E-state index contributed by atoms with van der Waals surface area (Å²) in [5.74, 6) is 0.591. The van der Waals surface area contributed by atoms with Crippen LogP contribution in [0.1, 0.15) is 18.4 Å². The van der Waals surface area contributed by atoms with E-state index in [9.17, 15) is 9.90 Å². The van der Waals surface area contributed by atoms with Crippen LogP contribution in [0.4, 0.5) is 0 Å². The van der Waals surface area contributed by atoms with Gasteiger partial charge in [-0.2, -0.15) is 0 Å². The lowest BCUT2D eigenvalue weighted by Crippen LogP contribution is -2.23. The van der Waals surface area contributed by atoms with E-state index in [1.54, 1.807) is 49.7 Å². The van der Waals surface area contributed by atoms with Crippen LogP contribution in [0.15, 0.2) is 47.4 Å². The van der Waals surface area contributed by atoms with Crippen molar-refractivity contribution in [1.82, 2.24) is 9.55 Å². The molecule has 0 aliphatic heterocycles. The third kappa shape index (κ3) is 3.21. The average Bonchev–Trinajstić information content (AvgIpc) is 2.65. The molecule has 1 aromatic carbocycles. The van der Waals surface area contributed by atoms with Gasteiger partial charge in [-0.3, -0.25) is 9.36 Å². The van der Waals surface area contributed by atoms with E-state index in [0.717, 1.165) is 0 Å².